The van der Waals surface area contributed by atoms with Crippen LogP contribution in [0.25, 0.3) is 0 Å². The van der Waals surface area contributed by atoms with Crippen molar-refractivity contribution in [1.82, 2.24) is 18.8 Å². The third kappa shape index (κ3) is 3.57. The zero-order valence-electron chi connectivity index (χ0n) is 11.9. The minimum atomic E-state index is -3.50. The van der Waals surface area contributed by atoms with E-state index in [4.69, 9.17) is 5.11 Å². The van der Waals surface area contributed by atoms with Crippen LogP contribution < -0.4 is 4.72 Å². The Kier molecular flexibility index (Phi) is 4.79. The number of piperidine rings is 1. The minimum absolute atomic E-state index is 0.0354. The number of aliphatic hydroxyl groups is 1. The summed E-state index contributed by atoms with van der Waals surface area (Å²) in [7, 11) is -1.69. The monoisotopic (exact) mass is 302 g/mol. The van der Waals surface area contributed by atoms with Crippen molar-refractivity contribution in [3.05, 3.63) is 17.5 Å². The predicted molar refractivity (Wildman–Crippen MR) is 75.1 cm³/mol. The lowest BCUT2D eigenvalue weighted by atomic mass is 10.0. The summed E-state index contributed by atoms with van der Waals surface area (Å²) in [5.41, 5.74) is 1.69. The number of aromatic nitrogens is 2. The quantitative estimate of drug-likeness (QED) is 0.786. The summed E-state index contributed by atoms with van der Waals surface area (Å²) in [5.74, 6) is 0.0421. The normalized spacial score (nSPS) is 21.2. The van der Waals surface area contributed by atoms with E-state index in [1.807, 2.05) is 20.2 Å². The van der Waals surface area contributed by atoms with Crippen LogP contribution in [0.3, 0.4) is 0 Å². The first kappa shape index (κ1) is 15.4. The SMILES string of the molecule is Cc1nn(C)cc1CNS(=O)(=O)N1CCCC(CO)C1. The Labute approximate surface area is 119 Å². The molecule has 0 aliphatic carbocycles. The Morgan fingerprint density at radius 1 is 1.55 bits per heavy atom. The summed E-state index contributed by atoms with van der Waals surface area (Å²) in [4.78, 5) is 0. The molecule has 0 spiro atoms. The average Bonchev–Trinajstić information content (AvgIpc) is 2.75. The lowest BCUT2D eigenvalue weighted by Crippen LogP contribution is -2.46. The van der Waals surface area contributed by atoms with Crippen LogP contribution in [0.15, 0.2) is 6.20 Å². The van der Waals surface area contributed by atoms with Crippen molar-refractivity contribution in [2.24, 2.45) is 13.0 Å². The molecule has 0 bridgehead atoms. The molecule has 8 heteroatoms. The Morgan fingerprint density at radius 2 is 2.30 bits per heavy atom. The number of rotatable bonds is 5. The van der Waals surface area contributed by atoms with Crippen LogP contribution in [0, 0.1) is 12.8 Å². The second-order valence-corrected chi connectivity index (χ2v) is 7.04. The Balaban J connectivity index is 1.98. The van der Waals surface area contributed by atoms with Gasteiger partial charge in [0.2, 0.25) is 0 Å². The number of nitrogens with zero attached hydrogens (tertiary/aromatic N) is 3. The Hall–Kier alpha value is -0.960. The van der Waals surface area contributed by atoms with E-state index in [9.17, 15) is 8.42 Å². The van der Waals surface area contributed by atoms with Gasteiger partial charge in [0.15, 0.2) is 0 Å². The maximum absolute atomic E-state index is 12.2. The van der Waals surface area contributed by atoms with Crippen LogP contribution in [-0.2, 0) is 23.8 Å². The molecule has 1 aromatic heterocycles. The van der Waals surface area contributed by atoms with Gasteiger partial charge in [-0.15, -0.1) is 0 Å². The Morgan fingerprint density at radius 3 is 2.90 bits per heavy atom. The number of nitrogens with one attached hydrogen (secondary N) is 1. The molecule has 1 saturated heterocycles. The summed E-state index contributed by atoms with van der Waals surface area (Å²) in [6, 6.07) is 0. The molecule has 1 unspecified atom stereocenters. The first-order valence-electron chi connectivity index (χ1n) is 6.77. The van der Waals surface area contributed by atoms with Crippen LogP contribution in [-0.4, -0.2) is 47.3 Å². The number of hydrogen-bond acceptors (Lipinski definition) is 4. The molecule has 2 heterocycles. The smallest absolute Gasteiger partial charge is 0.279 e. The lowest BCUT2D eigenvalue weighted by molar-refractivity contribution is 0.164. The standard InChI is InChI=1S/C12H22N4O3S/c1-10-12(8-15(2)14-10)6-13-20(18,19)16-5-3-4-11(7-16)9-17/h8,11,13,17H,3-7,9H2,1-2H3. The Bertz CT molecular complexity index is 555. The number of hydrogen-bond donors (Lipinski definition) is 2. The van der Waals surface area contributed by atoms with Crippen molar-refractivity contribution in [1.29, 1.82) is 0 Å². The molecule has 0 amide bonds. The highest BCUT2D eigenvalue weighted by molar-refractivity contribution is 7.87. The van der Waals surface area contributed by atoms with Gasteiger partial charge in [0.1, 0.15) is 0 Å². The molecule has 0 saturated carbocycles. The largest absolute Gasteiger partial charge is 0.396 e. The average molecular weight is 302 g/mol. The molecule has 7 nitrogen and oxygen atoms in total. The minimum Gasteiger partial charge on any atom is -0.396 e. The molecule has 20 heavy (non-hydrogen) atoms. The highest BCUT2D eigenvalue weighted by atomic mass is 32.2. The molecule has 1 fully saturated rings. The van der Waals surface area contributed by atoms with Gasteiger partial charge in [-0.1, -0.05) is 0 Å². The zero-order valence-corrected chi connectivity index (χ0v) is 12.7. The van der Waals surface area contributed by atoms with Gasteiger partial charge in [-0.05, 0) is 25.7 Å². The van der Waals surface area contributed by atoms with Crippen LogP contribution in [0.4, 0.5) is 0 Å². The first-order valence-corrected chi connectivity index (χ1v) is 8.21. The zero-order chi connectivity index (χ0) is 14.8. The molecule has 2 N–H and O–H groups in total. The summed E-state index contributed by atoms with van der Waals surface area (Å²) in [5, 5.41) is 13.4. The maximum Gasteiger partial charge on any atom is 0.279 e. The summed E-state index contributed by atoms with van der Waals surface area (Å²) >= 11 is 0. The maximum atomic E-state index is 12.2. The highest BCUT2D eigenvalue weighted by Gasteiger charge is 2.28. The van der Waals surface area contributed by atoms with E-state index in [0.29, 0.717) is 13.1 Å². The summed E-state index contributed by atoms with van der Waals surface area (Å²) in [6.45, 7) is 3.03. The molecule has 114 valence electrons. The molecular formula is C12H22N4O3S. The van der Waals surface area contributed by atoms with Gasteiger partial charge in [0.05, 0.1) is 5.69 Å². The van der Waals surface area contributed by atoms with E-state index in [1.165, 1.54) is 4.31 Å². The highest BCUT2D eigenvalue weighted by Crippen LogP contribution is 2.18. The molecule has 0 radical (unpaired) electrons. The fraction of sp³-hybridized carbons (Fsp3) is 0.750. The van der Waals surface area contributed by atoms with Crippen LogP contribution in [0.1, 0.15) is 24.1 Å². The molecule has 0 aromatic carbocycles. The van der Waals surface area contributed by atoms with Gasteiger partial charge in [0, 0.05) is 45.0 Å². The van der Waals surface area contributed by atoms with Crippen molar-refractivity contribution in [3.63, 3.8) is 0 Å². The van der Waals surface area contributed by atoms with Gasteiger partial charge < -0.3 is 5.11 Å². The van der Waals surface area contributed by atoms with Crippen molar-refractivity contribution >= 4 is 10.2 Å². The van der Waals surface area contributed by atoms with Gasteiger partial charge >= 0.3 is 0 Å². The van der Waals surface area contributed by atoms with Gasteiger partial charge in [0.25, 0.3) is 10.2 Å². The molecule has 1 aromatic rings. The molecule has 2 rings (SSSR count). The first-order chi connectivity index (χ1) is 9.42. The fourth-order valence-corrected chi connectivity index (χ4v) is 3.77. The van der Waals surface area contributed by atoms with E-state index < -0.39 is 10.2 Å². The van der Waals surface area contributed by atoms with E-state index in [1.54, 1.807) is 4.68 Å². The third-order valence-corrected chi connectivity index (χ3v) is 5.16. The van der Waals surface area contributed by atoms with Crippen LogP contribution in [0.5, 0.6) is 0 Å². The van der Waals surface area contributed by atoms with Crippen molar-refractivity contribution in [2.45, 2.75) is 26.3 Å². The van der Waals surface area contributed by atoms with E-state index in [2.05, 4.69) is 9.82 Å². The summed E-state index contributed by atoms with van der Waals surface area (Å²) in [6.07, 6.45) is 3.48. The topological polar surface area (TPSA) is 87.5 Å². The number of aliphatic hydroxyl groups excluding tert-OH is 1. The van der Waals surface area contributed by atoms with E-state index in [-0.39, 0.29) is 19.1 Å². The second kappa shape index (κ2) is 6.21. The number of aryl methyl sites for hydroxylation is 2. The summed E-state index contributed by atoms with van der Waals surface area (Å²) < 4.78 is 30.2. The molecule has 1 aliphatic rings. The van der Waals surface area contributed by atoms with Crippen LogP contribution >= 0.6 is 0 Å². The van der Waals surface area contributed by atoms with Crippen molar-refractivity contribution in [3.8, 4) is 0 Å². The molecule has 1 atom stereocenters. The van der Waals surface area contributed by atoms with Crippen molar-refractivity contribution in [2.75, 3.05) is 19.7 Å². The van der Waals surface area contributed by atoms with Crippen LogP contribution in [0.2, 0.25) is 0 Å². The van der Waals surface area contributed by atoms with E-state index in [0.717, 1.165) is 24.1 Å². The van der Waals surface area contributed by atoms with Gasteiger partial charge in [-0.25, -0.2) is 0 Å². The van der Waals surface area contributed by atoms with Gasteiger partial charge in [-0.2, -0.15) is 22.5 Å². The third-order valence-electron chi connectivity index (χ3n) is 3.64. The molecule has 1 aliphatic heterocycles. The van der Waals surface area contributed by atoms with E-state index >= 15 is 0 Å². The van der Waals surface area contributed by atoms with Crippen molar-refractivity contribution < 1.29 is 13.5 Å². The second-order valence-electron chi connectivity index (χ2n) is 5.29. The fourth-order valence-electron chi connectivity index (χ4n) is 2.48. The van der Waals surface area contributed by atoms with Gasteiger partial charge in [-0.3, -0.25) is 4.68 Å². The lowest BCUT2D eigenvalue weighted by Gasteiger charge is -2.30. The molecular weight excluding hydrogens is 280 g/mol. The predicted octanol–water partition coefficient (Wildman–Crippen LogP) is -0.233.